The quantitative estimate of drug-likeness (QED) is 0.930. The fourth-order valence-corrected chi connectivity index (χ4v) is 3.07. The molecule has 1 aliphatic rings. The minimum atomic E-state index is 0.484. The summed E-state index contributed by atoms with van der Waals surface area (Å²) in [7, 11) is 0. The Balaban J connectivity index is 1.61. The van der Waals surface area contributed by atoms with Crippen LogP contribution in [0.25, 0.3) is 0 Å². The Morgan fingerprint density at radius 3 is 2.81 bits per heavy atom. The Morgan fingerprint density at radius 1 is 1.24 bits per heavy atom. The first kappa shape index (κ1) is 14.1. The smallest absolute Gasteiger partial charge is 0.126 e. The molecule has 0 spiro atoms. The van der Waals surface area contributed by atoms with Gasteiger partial charge in [0.2, 0.25) is 0 Å². The van der Waals surface area contributed by atoms with Gasteiger partial charge in [0.15, 0.2) is 0 Å². The van der Waals surface area contributed by atoms with E-state index in [0.29, 0.717) is 12.1 Å². The highest BCUT2D eigenvalue weighted by molar-refractivity contribution is 5.38. The summed E-state index contributed by atoms with van der Waals surface area (Å²) in [5.41, 5.74) is 2.64. The van der Waals surface area contributed by atoms with Gasteiger partial charge in [0.1, 0.15) is 5.82 Å². The van der Waals surface area contributed by atoms with Gasteiger partial charge in [-0.2, -0.15) is 0 Å². The van der Waals surface area contributed by atoms with Crippen LogP contribution in [0.2, 0.25) is 0 Å². The maximum absolute atomic E-state index is 4.41. The number of aryl methyl sites for hydroxylation is 1. The zero-order valence-corrected chi connectivity index (χ0v) is 12.8. The molecule has 0 aliphatic carbocycles. The predicted molar refractivity (Wildman–Crippen MR) is 87.3 cm³/mol. The monoisotopic (exact) mass is 281 g/mol. The summed E-state index contributed by atoms with van der Waals surface area (Å²) in [6, 6.07) is 15.9. The molecule has 21 heavy (non-hydrogen) atoms. The van der Waals surface area contributed by atoms with Crippen molar-refractivity contribution in [3.63, 3.8) is 0 Å². The third-order valence-electron chi connectivity index (χ3n) is 4.20. The lowest BCUT2D eigenvalue weighted by atomic mass is 10.2. The van der Waals surface area contributed by atoms with Gasteiger partial charge in [0.05, 0.1) is 0 Å². The number of nitrogens with one attached hydrogen (secondary N) is 1. The molecule has 0 bridgehead atoms. The highest BCUT2D eigenvalue weighted by Crippen LogP contribution is 2.22. The molecule has 1 saturated heterocycles. The van der Waals surface area contributed by atoms with E-state index in [9.17, 15) is 0 Å². The van der Waals surface area contributed by atoms with Gasteiger partial charge in [-0.05, 0) is 43.5 Å². The number of benzene rings is 1. The minimum Gasteiger partial charge on any atom is -0.366 e. The summed E-state index contributed by atoms with van der Waals surface area (Å²) in [5.74, 6) is 0.994. The van der Waals surface area contributed by atoms with Crippen LogP contribution >= 0.6 is 0 Å². The third-order valence-corrected chi connectivity index (χ3v) is 4.20. The highest BCUT2D eigenvalue weighted by atomic mass is 15.2. The van der Waals surface area contributed by atoms with Crippen molar-refractivity contribution in [2.75, 3.05) is 11.9 Å². The number of anilines is 1. The molecule has 3 heteroatoms. The van der Waals surface area contributed by atoms with Crippen molar-refractivity contribution in [3.8, 4) is 0 Å². The van der Waals surface area contributed by atoms with E-state index < -0.39 is 0 Å². The molecule has 3 nitrogen and oxygen atoms in total. The van der Waals surface area contributed by atoms with Crippen LogP contribution in [0.15, 0.2) is 48.7 Å². The van der Waals surface area contributed by atoms with Gasteiger partial charge in [-0.25, -0.2) is 4.98 Å². The van der Waals surface area contributed by atoms with Crippen molar-refractivity contribution < 1.29 is 0 Å². The number of hydrogen-bond donors (Lipinski definition) is 1. The van der Waals surface area contributed by atoms with Crippen molar-refractivity contribution in [1.29, 1.82) is 0 Å². The second-order valence-electron chi connectivity index (χ2n) is 6.06. The van der Waals surface area contributed by atoms with Gasteiger partial charge in [0.25, 0.3) is 0 Å². The number of rotatable bonds is 4. The average molecular weight is 281 g/mol. The lowest BCUT2D eigenvalue weighted by Gasteiger charge is -2.21. The fourth-order valence-electron chi connectivity index (χ4n) is 3.07. The summed E-state index contributed by atoms with van der Waals surface area (Å²) in [6.07, 6.45) is 3.04. The van der Waals surface area contributed by atoms with Crippen molar-refractivity contribution in [2.24, 2.45) is 0 Å². The number of aromatic nitrogens is 1. The SMILES string of the molecule is Cc1ccnc(NC2CC(C)N(Cc3ccccc3)C2)c1. The van der Waals surface area contributed by atoms with Crippen molar-refractivity contribution in [3.05, 3.63) is 59.8 Å². The molecule has 0 amide bonds. The lowest BCUT2D eigenvalue weighted by molar-refractivity contribution is 0.259. The highest BCUT2D eigenvalue weighted by Gasteiger charge is 2.28. The largest absolute Gasteiger partial charge is 0.366 e. The van der Waals surface area contributed by atoms with Gasteiger partial charge in [0, 0.05) is 31.4 Å². The first-order valence-corrected chi connectivity index (χ1v) is 7.68. The van der Waals surface area contributed by atoms with E-state index in [4.69, 9.17) is 0 Å². The molecular weight excluding hydrogens is 258 g/mol. The number of nitrogens with zero attached hydrogens (tertiary/aromatic N) is 2. The van der Waals surface area contributed by atoms with Crippen molar-refractivity contribution in [2.45, 2.75) is 38.9 Å². The lowest BCUT2D eigenvalue weighted by Crippen LogP contribution is -2.28. The summed E-state index contributed by atoms with van der Waals surface area (Å²) in [6.45, 7) is 6.52. The van der Waals surface area contributed by atoms with Crippen LogP contribution in [0.1, 0.15) is 24.5 Å². The Kier molecular flexibility index (Phi) is 4.20. The molecule has 0 radical (unpaired) electrons. The number of likely N-dealkylation sites (tertiary alicyclic amines) is 1. The molecule has 1 N–H and O–H groups in total. The van der Waals surface area contributed by atoms with E-state index in [-0.39, 0.29) is 0 Å². The van der Waals surface area contributed by atoms with E-state index in [1.165, 1.54) is 17.5 Å². The van der Waals surface area contributed by atoms with Crippen molar-refractivity contribution >= 4 is 5.82 Å². The fraction of sp³-hybridized carbons (Fsp3) is 0.389. The molecule has 1 aromatic heterocycles. The van der Waals surface area contributed by atoms with Crippen LogP contribution < -0.4 is 5.32 Å². The van der Waals surface area contributed by atoms with E-state index in [1.54, 1.807) is 0 Å². The molecular formula is C18H23N3. The normalized spacial score (nSPS) is 22.4. The van der Waals surface area contributed by atoms with Gasteiger partial charge < -0.3 is 5.32 Å². The summed E-state index contributed by atoms with van der Waals surface area (Å²) in [4.78, 5) is 6.95. The molecule has 2 atom stereocenters. The van der Waals surface area contributed by atoms with Gasteiger partial charge >= 0.3 is 0 Å². The molecule has 2 unspecified atom stereocenters. The van der Waals surface area contributed by atoms with Crippen LogP contribution in [0.5, 0.6) is 0 Å². The first-order valence-electron chi connectivity index (χ1n) is 7.68. The molecule has 1 fully saturated rings. The Labute approximate surface area is 127 Å². The van der Waals surface area contributed by atoms with E-state index in [2.05, 4.69) is 65.4 Å². The van der Waals surface area contributed by atoms with Crippen LogP contribution in [0.4, 0.5) is 5.82 Å². The Hall–Kier alpha value is -1.87. The summed E-state index contributed by atoms with van der Waals surface area (Å²) < 4.78 is 0. The van der Waals surface area contributed by atoms with E-state index >= 15 is 0 Å². The molecule has 2 heterocycles. The molecule has 110 valence electrons. The summed E-state index contributed by atoms with van der Waals surface area (Å²) >= 11 is 0. The number of pyridine rings is 1. The van der Waals surface area contributed by atoms with E-state index in [0.717, 1.165) is 18.9 Å². The standard InChI is InChI=1S/C18H23N3/c1-14-8-9-19-18(10-14)20-17-11-15(2)21(13-17)12-16-6-4-3-5-7-16/h3-10,15,17H,11-13H2,1-2H3,(H,19,20). The maximum Gasteiger partial charge on any atom is 0.126 e. The number of hydrogen-bond acceptors (Lipinski definition) is 3. The van der Waals surface area contributed by atoms with Crippen LogP contribution in [-0.2, 0) is 6.54 Å². The molecule has 1 aromatic carbocycles. The first-order chi connectivity index (χ1) is 10.2. The second kappa shape index (κ2) is 6.27. The van der Waals surface area contributed by atoms with Crippen molar-refractivity contribution in [1.82, 2.24) is 9.88 Å². The van der Waals surface area contributed by atoms with Gasteiger partial charge in [-0.15, -0.1) is 0 Å². The van der Waals surface area contributed by atoms with Gasteiger partial charge in [-0.1, -0.05) is 30.3 Å². The van der Waals surface area contributed by atoms with Gasteiger partial charge in [-0.3, -0.25) is 4.90 Å². The maximum atomic E-state index is 4.41. The zero-order chi connectivity index (χ0) is 14.7. The van der Waals surface area contributed by atoms with Crippen LogP contribution in [0.3, 0.4) is 0 Å². The molecule has 0 saturated carbocycles. The van der Waals surface area contributed by atoms with Crippen LogP contribution in [-0.4, -0.2) is 28.5 Å². The molecule has 1 aliphatic heterocycles. The average Bonchev–Trinajstić information content (AvgIpc) is 2.80. The van der Waals surface area contributed by atoms with Crippen LogP contribution in [0, 0.1) is 6.92 Å². The minimum absolute atomic E-state index is 0.484. The second-order valence-corrected chi connectivity index (χ2v) is 6.06. The molecule has 3 rings (SSSR count). The third kappa shape index (κ3) is 3.61. The zero-order valence-electron chi connectivity index (χ0n) is 12.8. The molecule has 2 aromatic rings. The van der Waals surface area contributed by atoms with E-state index in [1.807, 2.05) is 12.3 Å². The topological polar surface area (TPSA) is 28.2 Å². The Bertz CT molecular complexity index is 582. The Morgan fingerprint density at radius 2 is 2.05 bits per heavy atom. The predicted octanol–water partition coefficient (Wildman–Crippen LogP) is 3.46. The summed E-state index contributed by atoms with van der Waals surface area (Å²) in [5, 5.41) is 3.58.